The largest absolute Gasteiger partial charge is 0.468 e. The number of allylic oxidation sites excluding steroid dienone is 1. The van der Waals surface area contributed by atoms with Crippen LogP contribution in [0.5, 0.6) is 0 Å². The van der Waals surface area contributed by atoms with Crippen molar-refractivity contribution in [2.75, 3.05) is 19.5 Å². The van der Waals surface area contributed by atoms with Gasteiger partial charge in [-0.1, -0.05) is 24.3 Å². The summed E-state index contributed by atoms with van der Waals surface area (Å²) in [7, 11) is 2.46. The highest BCUT2D eigenvalue weighted by Crippen LogP contribution is 2.18. The molecule has 1 N–H and O–H groups in total. The fourth-order valence-corrected chi connectivity index (χ4v) is 1.59. The normalized spacial score (nSPS) is 11.1. The molecule has 0 aliphatic heterocycles. The Bertz CT molecular complexity index is 452. The Labute approximate surface area is 112 Å². The fraction of sp³-hybridized carbons (Fsp3) is 0.286. The van der Waals surface area contributed by atoms with Crippen LogP contribution in [0.15, 0.2) is 42.1 Å². The molecule has 0 aliphatic carbocycles. The van der Waals surface area contributed by atoms with E-state index in [1.54, 1.807) is 13.0 Å². The lowest BCUT2D eigenvalue weighted by Gasteiger charge is -2.17. The molecule has 0 heterocycles. The smallest absolute Gasteiger partial charge is 0.326 e. The van der Waals surface area contributed by atoms with Crippen LogP contribution in [0.3, 0.4) is 0 Å². The fourth-order valence-electron chi connectivity index (χ4n) is 1.59. The summed E-state index contributed by atoms with van der Waals surface area (Å²) in [6.45, 7) is 1.73. The molecule has 0 radical (unpaired) electrons. The average Bonchev–Trinajstić information content (AvgIpc) is 2.46. The molecular weight excluding hydrogens is 246 g/mol. The number of anilines is 1. The van der Waals surface area contributed by atoms with Crippen LogP contribution in [-0.2, 0) is 19.1 Å². The van der Waals surface area contributed by atoms with Gasteiger partial charge in [0.2, 0.25) is 0 Å². The zero-order valence-electron chi connectivity index (χ0n) is 11.2. The Balaban J connectivity index is 2.98. The minimum absolute atomic E-state index is 0.421. The summed E-state index contributed by atoms with van der Waals surface area (Å²) in [5, 5.41) is 3.02. The summed E-state index contributed by atoms with van der Waals surface area (Å²) in [6.07, 6.45) is 1.64. The molecule has 0 aliphatic rings. The van der Waals surface area contributed by atoms with Crippen molar-refractivity contribution in [1.29, 1.82) is 0 Å². The zero-order valence-corrected chi connectivity index (χ0v) is 11.2. The topological polar surface area (TPSA) is 64.6 Å². The van der Waals surface area contributed by atoms with Crippen LogP contribution in [0.1, 0.15) is 6.92 Å². The van der Waals surface area contributed by atoms with Crippen LogP contribution in [0.25, 0.3) is 0 Å². The van der Waals surface area contributed by atoms with E-state index >= 15 is 0 Å². The number of rotatable bonds is 5. The number of methoxy groups -OCH3 is 2. The van der Waals surface area contributed by atoms with Crippen LogP contribution < -0.4 is 5.32 Å². The summed E-state index contributed by atoms with van der Waals surface area (Å²) in [5.74, 6) is -2.44. The highest BCUT2D eigenvalue weighted by molar-refractivity contribution is 5.98. The zero-order chi connectivity index (χ0) is 14.3. The lowest BCUT2D eigenvalue weighted by Crippen LogP contribution is -2.31. The quantitative estimate of drug-likeness (QED) is 0.650. The second-order valence-corrected chi connectivity index (χ2v) is 3.71. The third-order valence-corrected chi connectivity index (χ3v) is 2.56. The number of nitrogens with one attached hydrogen (secondary N) is 1. The Morgan fingerprint density at radius 3 is 2.05 bits per heavy atom. The van der Waals surface area contributed by atoms with E-state index in [0.29, 0.717) is 5.70 Å². The summed E-state index contributed by atoms with van der Waals surface area (Å²) >= 11 is 0. The molecule has 5 heteroatoms. The van der Waals surface area contributed by atoms with E-state index in [4.69, 9.17) is 0 Å². The highest BCUT2D eigenvalue weighted by Gasteiger charge is 2.32. The van der Waals surface area contributed by atoms with Gasteiger partial charge < -0.3 is 14.8 Å². The van der Waals surface area contributed by atoms with Crippen molar-refractivity contribution in [3.63, 3.8) is 0 Å². The first-order valence-electron chi connectivity index (χ1n) is 5.78. The number of ether oxygens (including phenoxy) is 2. The molecule has 1 rings (SSSR count). The van der Waals surface area contributed by atoms with Gasteiger partial charge in [-0.25, -0.2) is 0 Å². The lowest BCUT2D eigenvalue weighted by atomic mass is 10.1. The van der Waals surface area contributed by atoms with E-state index in [1.807, 2.05) is 30.3 Å². The Kier molecular flexibility index (Phi) is 5.60. The molecule has 1 aromatic carbocycles. The second-order valence-electron chi connectivity index (χ2n) is 3.71. The minimum atomic E-state index is -1.11. The lowest BCUT2D eigenvalue weighted by molar-refractivity contribution is -0.156. The van der Waals surface area contributed by atoms with Gasteiger partial charge in [0.05, 0.1) is 14.2 Å². The van der Waals surface area contributed by atoms with Crippen molar-refractivity contribution >= 4 is 17.6 Å². The van der Waals surface area contributed by atoms with Crippen LogP contribution in [-0.4, -0.2) is 26.2 Å². The van der Waals surface area contributed by atoms with Gasteiger partial charge >= 0.3 is 11.9 Å². The van der Waals surface area contributed by atoms with Crippen molar-refractivity contribution in [1.82, 2.24) is 0 Å². The molecule has 0 fully saturated rings. The van der Waals surface area contributed by atoms with Crippen molar-refractivity contribution in [2.24, 2.45) is 5.92 Å². The van der Waals surface area contributed by atoms with Crippen molar-refractivity contribution < 1.29 is 19.1 Å². The van der Waals surface area contributed by atoms with E-state index in [1.165, 1.54) is 14.2 Å². The summed E-state index contributed by atoms with van der Waals surface area (Å²) in [6, 6.07) is 9.23. The third kappa shape index (κ3) is 3.84. The standard InChI is InChI=1S/C14H17NO4/c1-4-11(15-10-8-6-5-7-9-10)12(13(16)18-2)14(17)19-3/h4-9,12,15H,1-3H3/b11-4+. The van der Waals surface area contributed by atoms with Crippen molar-refractivity contribution in [2.45, 2.75) is 6.92 Å². The minimum Gasteiger partial charge on any atom is -0.468 e. The molecule has 0 bridgehead atoms. The molecule has 1 aromatic rings. The Hall–Kier alpha value is -2.30. The maximum absolute atomic E-state index is 11.7. The molecule has 19 heavy (non-hydrogen) atoms. The number of hydrogen-bond acceptors (Lipinski definition) is 5. The van der Waals surface area contributed by atoms with Crippen LogP contribution in [0.2, 0.25) is 0 Å². The number of benzene rings is 1. The number of carbonyl (C=O) groups excluding carboxylic acids is 2. The first-order chi connectivity index (χ1) is 9.13. The molecule has 0 saturated carbocycles. The summed E-state index contributed by atoms with van der Waals surface area (Å²) in [5.41, 5.74) is 1.19. The van der Waals surface area contributed by atoms with E-state index in [-0.39, 0.29) is 0 Å². The molecule has 0 aromatic heterocycles. The molecule has 0 atom stereocenters. The molecule has 5 nitrogen and oxygen atoms in total. The van der Waals surface area contributed by atoms with Crippen LogP contribution in [0.4, 0.5) is 5.69 Å². The summed E-state index contributed by atoms with van der Waals surface area (Å²) < 4.78 is 9.27. The molecular formula is C14H17NO4. The number of esters is 2. The van der Waals surface area contributed by atoms with Gasteiger partial charge in [-0.2, -0.15) is 0 Å². The van der Waals surface area contributed by atoms with Crippen molar-refractivity contribution in [3.05, 3.63) is 42.1 Å². The Morgan fingerprint density at radius 2 is 1.63 bits per heavy atom. The van der Waals surface area contributed by atoms with Gasteiger partial charge in [0.15, 0.2) is 5.92 Å². The molecule has 102 valence electrons. The predicted octanol–water partition coefficient (Wildman–Crippen LogP) is 1.96. The van der Waals surface area contributed by atoms with Gasteiger partial charge in [0.1, 0.15) is 0 Å². The average molecular weight is 263 g/mol. The first kappa shape index (κ1) is 14.8. The van der Waals surface area contributed by atoms with E-state index in [9.17, 15) is 9.59 Å². The molecule has 0 spiro atoms. The SMILES string of the molecule is C/C=C(/Nc1ccccc1)C(C(=O)OC)C(=O)OC. The predicted molar refractivity (Wildman–Crippen MR) is 71.3 cm³/mol. The van der Waals surface area contributed by atoms with E-state index < -0.39 is 17.9 Å². The van der Waals surface area contributed by atoms with E-state index in [0.717, 1.165) is 5.69 Å². The van der Waals surface area contributed by atoms with Gasteiger partial charge in [-0.3, -0.25) is 9.59 Å². The third-order valence-electron chi connectivity index (χ3n) is 2.56. The number of carbonyl (C=O) groups is 2. The molecule has 0 amide bonds. The van der Waals surface area contributed by atoms with Gasteiger partial charge in [0, 0.05) is 11.4 Å². The van der Waals surface area contributed by atoms with Crippen LogP contribution in [0, 0.1) is 5.92 Å². The number of para-hydroxylation sites is 1. The first-order valence-corrected chi connectivity index (χ1v) is 5.78. The Morgan fingerprint density at radius 1 is 1.11 bits per heavy atom. The molecule has 0 saturated heterocycles. The number of hydrogen-bond donors (Lipinski definition) is 1. The van der Waals surface area contributed by atoms with Gasteiger partial charge in [-0.05, 0) is 19.1 Å². The van der Waals surface area contributed by atoms with E-state index in [2.05, 4.69) is 14.8 Å². The van der Waals surface area contributed by atoms with Gasteiger partial charge in [-0.15, -0.1) is 0 Å². The second kappa shape index (κ2) is 7.20. The molecule has 0 unspecified atom stereocenters. The van der Waals surface area contributed by atoms with Gasteiger partial charge in [0.25, 0.3) is 0 Å². The maximum atomic E-state index is 11.7. The summed E-state index contributed by atoms with van der Waals surface area (Å²) in [4.78, 5) is 23.4. The van der Waals surface area contributed by atoms with Crippen LogP contribution >= 0.6 is 0 Å². The monoisotopic (exact) mass is 263 g/mol. The van der Waals surface area contributed by atoms with Crippen molar-refractivity contribution in [3.8, 4) is 0 Å². The maximum Gasteiger partial charge on any atom is 0.326 e. The highest BCUT2D eigenvalue weighted by atomic mass is 16.5.